The molecule has 0 radical (unpaired) electrons. The summed E-state index contributed by atoms with van der Waals surface area (Å²) in [6.45, 7) is 2.96. The van der Waals surface area contributed by atoms with Gasteiger partial charge in [-0.05, 0) is 48.4 Å². The summed E-state index contributed by atoms with van der Waals surface area (Å²) in [5.74, 6) is 1.07. The molecular weight excluding hydrogens is 334 g/mol. The zero-order valence-corrected chi connectivity index (χ0v) is 16.2. The Bertz CT molecular complexity index is 778. The SMILES string of the molecule is CC1CC2(CCCCCC2)N(C(=O)Oc2ccccc2)Cc2ccccc21. The second-order valence-electron chi connectivity index (χ2n) is 8.21. The van der Waals surface area contributed by atoms with Crippen LogP contribution in [0.1, 0.15) is 68.9 Å². The maximum absolute atomic E-state index is 13.3. The molecule has 2 aromatic carbocycles. The molecule has 3 nitrogen and oxygen atoms in total. The van der Waals surface area contributed by atoms with Crippen LogP contribution in [0, 0.1) is 0 Å². The molecule has 4 rings (SSSR count). The summed E-state index contributed by atoms with van der Waals surface area (Å²) >= 11 is 0. The van der Waals surface area contributed by atoms with Crippen molar-refractivity contribution in [2.45, 2.75) is 69.9 Å². The van der Waals surface area contributed by atoms with Crippen molar-refractivity contribution in [3.05, 3.63) is 65.7 Å². The lowest BCUT2D eigenvalue weighted by Crippen LogP contribution is -2.52. The first kappa shape index (κ1) is 18.1. The molecule has 3 heteroatoms. The third kappa shape index (κ3) is 3.73. The van der Waals surface area contributed by atoms with Gasteiger partial charge in [0.2, 0.25) is 0 Å². The molecule has 0 saturated heterocycles. The molecule has 2 aromatic rings. The van der Waals surface area contributed by atoms with Crippen LogP contribution in [-0.4, -0.2) is 16.5 Å². The van der Waals surface area contributed by atoms with Crippen molar-refractivity contribution in [3.63, 3.8) is 0 Å². The predicted molar refractivity (Wildman–Crippen MR) is 108 cm³/mol. The second-order valence-corrected chi connectivity index (χ2v) is 8.21. The maximum atomic E-state index is 13.3. The number of ether oxygens (including phenoxy) is 1. The molecule has 0 aromatic heterocycles. The molecule has 1 saturated carbocycles. The van der Waals surface area contributed by atoms with E-state index in [0.29, 0.717) is 18.2 Å². The van der Waals surface area contributed by atoms with Crippen LogP contribution in [0.5, 0.6) is 5.75 Å². The van der Waals surface area contributed by atoms with Gasteiger partial charge in [0.15, 0.2) is 0 Å². The fourth-order valence-electron chi connectivity index (χ4n) is 5.05. The molecule has 1 aliphatic heterocycles. The number of nitrogens with zero attached hydrogens (tertiary/aromatic N) is 1. The van der Waals surface area contributed by atoms with Gasteiger partial charge in [-0.15, -0.1) is 0 Å². The van der Waals surface area contributed by atoms with Gasteiger partial charge in [-0.1, -0.05) is 75.1 Å². The Kier molecular flexibility index (Phi) is 5.20. The first-order valence-electron chi connectivity index (χ1n) is 10.3. The number of para-hydroxylation sites is 1. The molecule has 0 bridgehead atoms. The third-order valence-electron chi connectivity index (χ3n) is 6.38. The van der Waals surface area contributed by atoms with Crippen molar-refractivity contribution in [1.82, 2.24) is 4.90 Å². The van der Waals surface area contributed by atoms with E-state index in [-0.39, 0.29) is 11.6 Å². The molecular formula is C24H29NO2. The molecule has 1 spiro atoms. The van der Waals surface area contributed by atoms with Crippen molar-refractivity contribution in [2.24, 2.45) is 0 Å². The van der Waals surface area contributed by atoms with Crippen LogP contribution in [0.25, 0.3) is 0 Å². The van der Waals surface area contributed by atoms with Gasteiger partial charge in [0.05, 0.1) is 0 Å². The smallest absolute Gasteiger partial charge is 0.410 e. The third-order valence-corrected chi connectivity index (χ3v) is 6.38. The van der Waals surface area contributed by atoms with E-state index in [1.807, 2.05) is 30.3 Å². The molecule has 1 heterocycles. The van der Waals surface area contributed by atoms with Gasteiger partial charge in [-0.2, -0.15) is 0 Å². The fraction of sp³-hybridized carbons (Fsp3) is 0.458. The quantitative estimate of drug-likeness (QED) is 0.596. The average Bonchev–Trinajstić information content (AvgIpc) is 2.99. The van der Waals surface area contributed by atoms with E-state index < -0.39 is 0 Å². The Morgan fingerprint density at radius 2 is 1.63 bits per heavy atom. The van der Waals surface area contributed by atoms with Crippen LogP contribution in [0.15, 0.2) is 54.6 Å². The second kappa shape index (κ2) is 7.75. The zero-order valence-electron chi connectivity index (χ0n) is 16.2. The Morgan fingerprint density at radius 1 is 0.963 bits per heavy atom. The predicted octanol–water partition coefficient (Wildman–Crippen LogP) is 6.29. The number of carbonyl (C=O) groups is 1. The van der Waals surface area contributed by atoms with Crippen molar-refractivity contribution >= 4 is 6.09 Å². The van der Waals surface area contributed by atoms with Crippen LogP contribution in [-0.2, 0) is 6.54 Å². The van der Waals surface area contributed by atoms with E-state index in [1.165, 1.54) is 36.8 Å². The summed E-state index contributed by atoms with van der Waals surface area (Å²) in [5, 5.41) is 0. The highest BCUT2D eigenvalue weighted by atomic mass is 16.6. The molecule has 2 aliphatic rings. The van der Waals surface area contributed by atoms with Gasteiger partial charge in [0.1, 0.15) is 5.75 Å². The number of carbonyl (C=O) groups excluding carboxylic acids is 1. The van der Waals surface area contributed by atoms with Gasteiger partial charge in [-0.25, -0.2) is 4.79 Å². The Hall–Kier alpha value is -2.29. The van der Waals surface area contributed by atoms with Crippen LogP contribution in [0.4, 0.5) is 4.79 Å². The first-order chi connectivity index (χ1) is 13.2. The van der Waals surface area contributed by atoms with E-state index in [9.17, 15) is 4.79 Å². The van der Waals surface area contributed by atoms with E-state index in [2.05, 4.69) is 36.1 Å². The molecule has 27 heavy (non-hydrogen) atoms. The molecule has 142 valence electrons. The van der Waals surface area contributed by atoms with E-state index in [4.69, 9.17) is 4.74 Å². The minimum absolute atomic E-state index is 0.0964. The maximum Gasteiger partial charge on any atom is 0.416 e. The lowest BCUT2D eigenvalue weighted by atomic mass is 9.79. The summed E-state index contributed by atoms with van der Waals surface area (Å²) in [6.07, 6.45) is 7.90. The number of benzene rings is 2. The van der Waals surface area contributed by atoms with Crippen LogP contribution in [0.2, 0.25) is 0 Å². The van der Waals surface area contributed by atoms with Crippen molar-refractivity contribution in [1.29, 1.82) is 0 Å². The van der Waals surface area contributed by atoms with Crippen LogP contribution in [0.3, 0.4) is 0 Å². The lowest BCUT2D eigenvalue weighted by Gasteiger charge is -2.43. The number of amides is 1. The van der Waals surface area contributed by atoms with Gasteiger partial charge < -0.3 is 4.74 Å². The number of fused-ring (bicyclic) bond motifs is 1. The van der Waals surface area contributed by atoms with Crippen molar-refractivity contribution < 1.29 is 9.53 Å². The fourth-order valence-corrected chi connectivity index (χ4v) is 5.05. The zero-order chi connectivity index (χ0) is 18.7. The van der Waals surface area contributed by atoms with Crippen molar-refractivity contribution in [2.75, 3.05) is 0 Å². The molecule has 1 amide bonds. The van der Waals surface area contributed by atoms with Gasteiger partial charge >= 0.3 is 6.09 Å². The molecule has 1 atom stereocenters. The number of hydrogen-bond acceptors (Lipinski definition) is 2. The summed E-state index contributed by atoms with van der Waals surface area (Å²) in [4.78, 5) is 15.4. The first-order valence-corrected chi connectivity index (χ1v) is 10.3. The summed E-state index contributed by atoms with van der Waals surface area (Å²) in [5.41, 5.74) is 2.55. The van der Waals surface area contributed by atoms with E-state index >= 15 is 0 Å². The topological polar surface area (TPSA) is 29.5 Å². The molecule has 1 fully saturated rings. The summed E-state index contributed by atoms with van der Waals surface area (Å²) in [6, 6.07) is 18.1. The lowest BCUT2D eigenvalue weighted by molar-refractivity contribution is 0.0579. The summed E-state index contributed by atoms with van der Waals surface area (Å²) in [7, 11) is 0. The average molecular weight is 364 g/mol. The van der Waals surface area contributed by atoms with E-state index in [1.54, 1.807) is 0 Å². The highest BCUT2D eigenvalue weighted by Gasteiger charge is 2.44. The van der Waals surface area contributed by atoms with Gasteiger partial charge in [-0.3, -0.25) is 4.90 Å². The minimum atomic E-state index is -0.202. The highest BCUT2D eigenvalue weighted by Crippen LogP contribution is 2.44. The normalized spacial score (nSPS) is 21.8. The standard InChI is InChI=1S/C24H29NO2/c1-19-17-24(15-9-2-3-10-16-24)25(18-20-11-7-8-14-22(19)20)23(26)27-21-12-5-4-6-13-21/h4-8,11-14,19H,2-3,9-10,15-18H2,1H3. The van der Waals surface area contributed by atoms with Gasteiger partial charge in [0.25, 0.3) is 0 Å². The molecule has 1 aliphatic carbocycles. The van der Waals surface area contributed by atoms with Gasteiger partial charge in [0, 0.05) is 12.1 Å². The number of rotatable bonds is 1. The Morgan fingerprint density at radius 3 is 2.37 bits per heavy atom. The van der Waals surface area contributed by atoms with Crippen LogP contribution < -0.4 is 4.74 Å². The largest absolute Gasteiger partial charge is 0.416 e. The monoisotopic (exact) mass is 363 g/mol. The highest BCUT2D eigenvalue weighted by molar-refractivity contribution is 5.72. The molecule has 1 unspecified atom stereocenters. The minimum Gasteiger partial charge on any atom is -0.410 e. The summed E-state index contributed by atoms with van der Waals surface area (Å²) < 4.78 is 5.82. The van der Waals surface area contributed by atoms with Crippen LogP contribution >= 0.6 is 0 Å². The Labute approximate surface area is 162 Å². The van der Waals surface area contributed by atoms with E-state index in [0.717, 1.165) is 19.3 Å². The number of hydrogen-bond donors (Lipinski definition) is 0. The Balaban J connectivity index is 1.70. The van der Waals surface area contributed by atoms with Crippen molar-refractivity contribution in [3.8, 4) is 5.75 Å². The molecule has 0 N–H and O–H groups in total.